The molecule has 3 aromatic rings. The molecular formula is C21H18N2O4. The molecule has 0 amide bonds. The van der Waals surface area contributed by atoms with Gasteiger partial charge < -0.3 is 9.57 Å². The Labute approximate surface area is 156 Å². The van der Waals surface area contributed by atoms with E-state index in [9.17, 15) is 10.1 Å². The van der Waals surface area contributed by atoms with E-state index in [2.05, 4.69) is 5.16 Å². The van der Waals surface area contributed by atoms with Gasteiger partial charge in [-0.25, -0.2) is 0 Å². The summed E-state index contributed by atoms with van der Waals surface area (Å²) in [5, 5.41) is 14.7. The van der Waals surface area contributed by atoms with Crippen molar-refractivity contribution >= 4 is 11.9 Å². The Morgan fingerprint density at radius 3 is 2.44 bits per heavy atom. The van der Waals surface area contributed by atoms with Crippen molar-refractivity contribution in [2.45, 2.75) is 13.2 Å². The SMILES string of the molecule is O=[N+]([O-])c1cccc(CO/N=C\c2ccccc2OCc2ccccc2)c1. The van der Waals surface area contributed by atoms with E-state index in [-0.39, 0.29) is 12.3 Å². The summed E-state index contributed by atoms with van der Waals surface area (Å²) in [6, 6.07) is 23.7. The first-order valence-electron chi connectivity index (χ1n) is 8.37. The molecule has 6 heteroatoms. The molecule has 0 N–H and O–H groups in total. The Hall–Kier alpha value is -3.67. The van der Waals surface area contributed by atoms with Gasteiger partial charge in [-0.05, 0) is 23.3 Å². The van der Waals surface area contributed by atoms with Crippen LogP contribution in [0.25, 0.3) is 0 Å². The van der Waals surface area contributed by atoms with Crippen LogP contribution in [0.3, 0.4) is 0 Å². The Morgan fingerprint density at radius 1 is 0.889 bits per heavy atom. The summed E-state index contributed by atoms with van der Waals surface area (Å²) < 4.78 is 5.86. The molecule has 0 radical (unpaired) electrons. The van der Waals surface area contributed by atoms with Gasteiger partial charge in [0.2, 0.25) is 0 Å². The lowest BCUT2D eigenvalue weighted by atomic mass is 10.2. The second kappa shape index (κ2) is 9.15. The molecule has 0 fully saturated rings. The number of oxime groups is 1. The fraction of sp³-hybridized carbons (Fsp3) is 0.0952. The van der Waals surface area contributed by atoms with Crippen LogP contribution >= 0.6 is 0 Å². The van der Waals surface area contributed by atoms with Crippen LogP contribution < -0.4 is 4.74 Å². The Balaban J connectivity index is 1.59. The minimum absolute atomic E-state index is 0.0275. The van der Waals surface area contributed by atoms with E-state index in [1.165, 1.54) is 12.1 Å². The van der Waals surface area contributed by atoms with Gasteiger partial charge in [0.15, 0.2) is 0 Å². The molecule has 0 aliphatic rings. The highest BCUT2D eigenvalue weighted by Gasteiger charge is 2.05. The normalized spacial score (nSPS) is 10.7. The zero-order valence-corrected chi connectivity index (χ0v) is 14.5. The molecule has 6 nitrogen and oxygen atoms in total. The Kier molecular flexibility index (Phi) is 6.14. The molecule has 0 aliphatic heterocycles. The molecule has 0 aromatic heterocycles. The predicted molar refractivity (Wildman–Crippen MR) is 103 cm³/mol. The smallest absolute Gasteiger partial charge is 0.269 e. The van der Waals surface area contributed by atoms with Crippen LogP contribution in [0, 0.1) is 10.1 Å². The first-order chi connectivity index (χ1) is 13.2. The van der Waals surface area contributed by atoms with E-state index < -0.39 is 4.92 Å². The number of nitro benzene ring substituents is 1. The summed E-state index contributed by atoms with van der Waals surface area (Å²) in [5.41, 5.74) is 2.56. The van der Waals surface area contributed by atoms with Gasteiger partial charge in [0.1, 0.15) is 19.0 Å². The number of ether oxygens (including phenoxy) is 1. The van der Waals surface area contributed by atoms with Crippen molar-refractivity contribution in [2.75, 3.05) is 0 Å². The highest BCUT2D eigenvalue weighted by molar-refractivity contribution is 5.83. The van der Waals surface area contributed by atoms with Crippen molar-refractivity contribution in [3.05, 3.63) is 106 Å². The number of hydrogen-bond donors (Lipinski definition) is 0. The molecule has 0 saturated carbocycles. The third-order valence-electron chi connectivity index (χ3n) is 3.78. The zero-order chi connectivity index (χ0) is 18.9. The summed E-state index contributed by atoms with van der Waals surface area (Å²) in [6.45, 7) is 0.603. The maximum Gasteiger partial charge on any atom is 0.269 e. The van der Waals surface area contributed by atoms with E-state index >= 15 is 0 Å². The second-order valence-corrected chi connectivity index (χ2v) is 5.75. The maximum absolute atomic E-state index is 10.8. The molecule has 27 heavy (non-hydrogen) atoms. The number of benzene rings is 3. The van der Waals surface area contributed by atoms with Gasteiger partial charge >= 0.3 is 0 Å². The average molecular weight is 362 g/mol. The van der Waals surface area contributed by atoms with E-state index in [1.54, 1.807) is 18.3 Å². The standard InChI is InChI=1S/C21H18N2O4/c24-23(25)20-11-6-9-18(13-20)16-27-22-14-19-10-4-5-12-21(19)26-15-17-7-2-1-3-8-17/h1-14H,15-16H2/b22-14-. The van der Waals surface area contributed by atoms with E-state index in [0.29, 0.717) is 17.9 Å². The number of rotatable bonds is 8. The quantitative estimate of drug-likeness (QED) is 0.330. The molecule has 0 atom stereocenters. The highest BCUT2D eigenvalue weighted by atomic mass is 16.6. The van der Waals surface area contributed by atoms with Gasteiger partial charge in [-0.3, -0.25) is 10.1 Å². The minimum Gasteiger partial charge on any atom is -0.488 e. The molecular weight excluding hydrogens is 344 g/mol. The fourth-order valence-electron chi connectivity index (χ4n) is 2.42. The summed E-state index contributed by atoms with van der Waals surface area (Å²) in [5.74, 6) is 0.698. The molecule has 0 heterocycles. The van der Waals surface area contributed by atoms with Crippen LogP contribution in [0.1, 0.15) is 16.7 Å². The van der Waals surface area contributed by atoms with Crippen LogP contribution in [0.5, 0.6) is 5.75 Å². The third kappa shape index (κ3) is 5.40. The third-order valence-corrected chi connectivity index (χ3v) is 3.78. The number of non-ortho nitro benzene ring substituents is 1. The monoisotopic (exact) mass is 362 g/mol. The average Bonchev–Trinajstić information content (AvgIpc) is 2.71. The van der Waals surface area contributed by atoms with Gasteiger partial charge in [0.25, 0.3) is 5.69 Å². The number of nitrogens with zero attached hydrogens (tertiary/aromatic N) is 2. The van der Waals surface area contributed by atoms with Crippen molar-refractivity contribution in [3.8, 4) is 5.75 Å². The van der Waals surface area contributed by atoms with Gasteiger partial charge in [0, 0.05) is 17.7 Å². The molecule has 0 bridgehead atoms. The largest absolute Gasteiger partial charge is 0.488 e. The molecule has 0 spiro atoms. The van der Waals surface area contributed by atoms with E-state index in [0.717, 1.165) is 11.1 Å². The Bertz CT molecular complexity index is 926. The van der Waals surface area contributed by atoms with Crippen LogP contribution in [0.2, 0.25) is 0 Å². The van der Waals surface area contributed by atoms with Crippen molar-refractivity contribution < 1.29 is 14.5 Å². The van der Waals surface area contributed by atoms with Crippen LogP contribution in [-0.2, 0) is 18.1 Å². The van der Waals surface area contributed by atoms with Crippen LogP contribution in [0.15, 0.2) is 84.0 Å². The topological polar surface area (TPSA) is 74.0 Å². The van der Waals surface area contributed by atoms with Crippen molar-refractivity contribution in [3.63, 3.8) is 0 Å². The lowest BCUT2D eigenvalue weighted by Gasteiger charge is -2.08. The molecule has 136 valence electrons. The molecule has 0 saturated heterocycles. The summed E-state index contributed by atoms with van der Waals surface area (Å²) in [4.78, 5) is 15.6. The summed E-state index contributed by atoms with van der Waals surface area (Å²) in [6.07, 6.45) is 1.57. The summed E-state index contributed by atoms with van der Waals surface area (Å²) in [7, 11) is 0. The number of hydrogen-bond acceptors (Lipinski definition) is 5. The van der Waals surface area contributed by atoms with Crippen molar-refractivity contribution in [2.24, 2.45) is 5.16 Å². The van der Waals surface area contributed by atoms with Crippen LogP contribution in [0.4, 0.5) is 5.69 Å². The lowest BCUT2D eigenvalue weighted by molar-refractivity contribution is -0.384. The van der Waals surface area contributed by atoms with Gasteiger partial charge in [-0.15, -0.1) is 0 Å². The van der Waals surface area contributed by atoms with E-state index in [4.69, 9.17) is 9.57 Å². The van der Waals surface area contributed by atoms with Gasteiger partial charge in [-0.1, -0.05) is 59.8 Å². The van der Waals surface area contributed by atoms with Crippen molar-refractivity contribution in [1.82, 2.24) is 0 Å². The first-order valence-corrected chi connectivity index (χ1v) is 8.37. The minimum atomic E-state index is -0.437. The van der Waals surface area contributed by atoms with E-state index in [1.807, 2.05) is 54.6 Å². The zero-order valence-electron chi connectivity index (χ0n) is 14.5. The summed E-state index contributed by atoms with van der Waals surface area (Å²) >= 11 is 0. The Morgan fingerprint density at radius 2 is 1.63 bits per heavy atom. The molecule has 0 aliphatic carbocycles. The van der Waals surface area contributed by atoms with Gasteiger partial charge in [-0.2, -0.15) is 0 Å². The molecule has 0 unspecified atom stereocenters. The molecule has 3 rings (SSSR count). The maximum atomic E-state index is 10.8. The van der Waals surface area contributed by atoms with Gasteiger partial charge in [0.05, 0.1) is 11.1 Å². The highest BCUT2D eigenvalue weighted by Crippen LogP contribution is 2.18. The number of nitro groups is 1. The lowest BCUT2D eigenvalue weighted by Crippen LogP contribution is -1.98. The van der Waals surface area contributed by atoms with Crippen molar-refractivity contribution in [1.29, 1.82) is 0 Å². The molecule has 3 aromatic carbocycles. The predicted octanol–water partition coefficient (Wildman–Crippen LogP) is 4.72. The van der Waals surface area contributed by atoms with Crippen LogP contribution in [-0.4, -0.2) is 11.1 Å². The fourth-order valence-corrected chi connectivity index (χ4v) is 2.42. The number of para-hydroxylation sites is 1. The first kappa shape index (κ1) is 18.1. The second-order valence-electron chi connectivity index (χ2n) is 5.75.